The van der Waals surface area contributed by atoms with Crippen molar-refractivity contribution in [2.75, 3.05) is 7.11 Å². The van der Waals surface area contributed by atoms with Crippen LogP contribution in [0.4, 0.5) is 0 Å². The lowest BCUT2D eigenvalue weighted by Gasteiger charge is -2.18. The molecule has 1 unspecified atom stereocenters. The van der Waals surface area contributed by atoms with Crippen LogP contribution in [0.3, 0.4) is 0 Å². The molecular weight excluding hydrogens is 206 g/mol. The zero-order valence-electron chi connectivity index (χ0n) is 10.0. The van der Waals surface area contributed by atoms with Gasteiger partial charge in [0, 0.05) is 0 Å². The Bertz CT molecular complexity index is 342. The zero-order chi connectivity index (χ0) is 12.1. The maximum atomic E-state index is 11.2. The second-order valence-electron chi connectivity index (χ2n) is 3.80. The minimum absolute atomic E-state index is 0.159. The fourth-order valence-corrected chi connectivity index (χ4v) is 1.77. The second-order valence-corrected chi connectivity index (χ2v) is 3.80. The molecule has 1 rings (SSSR count). The molecule has 1 aromatic heterocycles. The molecule has 0 aromatic carbocycles. The van der Waals surface area contributed by atoms with Crippen molar-refractivity contribution in [2.24, 2.45) is 11.7 Å². The van der Waals surface area contributed by atoms with Crippen molar-refractivity contribution in [3.63, 3.8) is 0 Å². The van der Waals surface area contributed by atoms with E-state index in [1.54, 1.807) is 12.1 Å². The Hall–Kier alpha value is -1.29. The van der Waals surface area contributed by atoms with Crippen LogP contribution in [0, 0.1) is 5.92 Å². The van der Waals surface area contributed by atoms with Crippen LogP contribution in [0.1, 0.15) is 49.0 Å². The van der Waals surface area contributed by atoms with Gasteiger partial charge in [0.15, 0.2) is 0 Å². The van der Waals surface area contributed by atoms with E-state index >= 15 is 0 Å². The molecular formula is C12H19NO3. The van der Waals surface area contributed by atoms with Crippen molar-refractivity contribution in [1.82, 2.24) is 0 Å². The maximum Gasteiger partial charge on any atom is 0.373 e. The van der Waals surface area contributed by atoms with E-state index in [4.69, 9.17) is 10.2 Å². The van der Waals surface area contributed by atoms with E-state index in [2.05, 4.69) is 18.6 Å². The van der Waals surface area contributed by atoms with Gasteiger partial charge in [0.25, 0.3) is 0 Å². The molecule has 0 spiro atoms. The number of hydrogen-bond acceptors (Lipinski definition) is 4. The molecule has 0 bridgehead atoms. The fraction of sp³-hybridized carbons (Fsp3) is 0.583. The highest BCUT2D eigenvalue weighted by molar-refractivity contribution is 5.86. The molecule has 0 saturated carbocycles. The van der Waals surface area contributed by atoms with E-state index in [0.29, 0.717) is 11.7 Å². The van der Waals surface area contributed by atoms with Crippen molar-refractivity contribution in [3.8, 4) is 0 Å². The number of rotatable bonds is 5. The molecule has 0 radical (unpaired) electrons. The first kappa shape index (κ1) is 12.8. The molecule has 0 aliphatic carbocycles. The Morgan fingerprint density at radius 3 is 2.56 bits per heavy atom. The van der Waals surface area contributed by atoms with Crippen LogP contribution >= 0.6 is 0 Å². The molecule has 4 nitrogen and oxygen atoms in total. The summed E-state index contributed by atoms with van der Waals surface area (Å²) in [6, 6.07) is 3.19. The quantitative estimate of drug-likeness (QED) is 0.782. The Balaban J connectivity index is 2.80. The summed E-state index contributed by atoms with van der Waals surface area (Å²) in [5.74, 6) is 0.757. The highest BCUT2D eigenvalue weighted by Gasteiger charge is 2.21. The normalized spacial score (nSPS) is 12.8. The van der Waals surface area contributed by atoms with Crippen LogP contribution in [0.5, 0.6) is 0 Å². The molecule has 1 atom stereocenters. The molecule has 0 fully saturated rings. The van der Waals surface area contributed by atoms with Crippen molar-refractivity contribution in [3.05, 3.63) is 23.7 Å². The molecule has 0 saturated heterocycles. The monoisotopic (exact) mass is 225 g/mol. The van der Waals surface area contributed by atoms with E-state index in [1.165, 1.54) is 7.11 Å². The lowest BCUT2D eigenvalue weighted by Crippen LogP contribution is -2.19. The first-order valence-corrected chi connectivity index (χ1v) is 5.57. The number of nitrogens with two attached hydrogens (primary N) is 1. The minimum atomic E-state index is -0.469. The summed E-state index contributed by atoms with van der Waals surface area (Å²) in [6.45, 7) is 4.19. The summed E-state index contributed by atoms with van der Waals surface area (Å²) in [5, 5.41) is 0. The molecule has 0 aliphatic rings. The lowest BCUT2D eigenvalue weighted by molar-refractivity contribution is 0.0561. The Labute approximate surface area is 95.8 Å². The third-order valence-corrected chi connectivity index (χ3v) is 2.90. The number of esters is 1. The summed E-state index contributed by atoms with van der Waals surface area (Å²) in [4.78, 5) is 11.2. The molecule has 0 amide bonds. The van der Waals surface area contributed by atoms with Crippen LogP contribution in [0.25, 0.3) is 0 Å². The SMILES string of the molecule is CCC(CC)C(N)c1ccc(C(=O)OC)o1. The Kier molecular flexibility index (Phi) is 4.55. The van der Waals surface area contributed by atoms with Crippen LogP contribution in [-0.4, -0.2) is 13.1 Å². The minimum Gasteiger partial charge on any atom is -0.463 e. The highest BCUT2D eigenvalue weighted by atomic mass is 16.5. The Morgan fingerprint density at radius 1 is 1.44 bits per heavy atom. The first-order valence-electron chi connectivity index (χ1n) is 5.57. The molecule has 90 valence electrons. The summed E-state index contributed by atoms with van der Waals surface area (Å²) in [5.41, 5.74) is 6.07. The van der Waals surface area contributed by atoms with E-state index in [9.17, 15) is 4.79 Å². The number of carbonyl (C=O) groups excluding carboxylic acids is 1. The third-order valence-electron chi connectivity index (χ3n) is 2.90. The fourth-order valence-electron chi connectivity index (χ4n) is 1.77. The van der Waals surface area contributed by atoms with Crippen LogP contribution in [0.2, 0.25) is 0 Å². The van der Waals surface area contributed by atoms with E-state index in [-0.39, 0.29) is 11.8 Å². The molecule has 1 heterocycles. The highest BCUT2D eigenvalue weighted by Crippen LogP contribution is 2.26. The van der Waals surface area contributed by atoms with Gasteiger partial charge < -0.3 is 14.9 Å². The van der Waals surface area contributed by atoms with E-state index < -0.39 is 5.97 Å². The van der Waals surface area contributed by atoms with Gasteiger partial charge >= 0.3 is 5.97 Å². The summed E-state index contributed by atoms with van der Waals surface area (Å²) < 4.78 is 9.95. The third kappa shape index (κ3) is 2.64. The van der Waals surface area contributed by atoms with Crippen LogP contribution < -0.4 is 5.73 Å². The van der Waals surface area contributed by atoms with Gasteiger partial charge in [-0.15, -0.1) is 0 Å². The van der Waals surface area contributed by atoms with Crippen LogP contribution in [0.15, 0.2) is 16.5 Å². The smallest absolute Gasteiger partial charge is 0.373 e. The number of methoxy groups -OCH3 is 1. The van der Waals surface area contributed by atoms with Gasteiger partial charge in [-0.25, -0.2) is 4.79 Å². The van der Waals surface area contributed by atoms with Crippen molar-refractivity contribution in [1.29, 1.82) is 0 Å². The first-order chi connectivity index (χ1) is 7.63. The van der Waals surface area contributed by atoms with Gasteiger partial charge in [-0.2, -0.15) is 0 Å². The van der Waals surface area contributed by atoms with Crippen LogP contribution in [-0.2, 0) is 4.74 Å². The predicted molar refractivity (Wildman–Crippen MR) is 61.0 cm³/mol. The average molecular weight is 225 g/mol. The average Bonchev–Trinajstić information content (AvgIpc) is 2.78. The number of carbonyl (C=O) groups is 1. The van der Waals surface area contributed by atoms with Crippen molar-refractivity contribution < 1.29 is 13.9 Å². The van der Waals surface area contributed by atoms with Crippen molar-refractivity contribution in [2.45, 2.75) is 32.7 Å². The van der Waals surface area contributed by atoms with Gasteiger partial charge in [0.2, 0.25) is 5.76 Å². The topological polar surface area (TPSA) is 65.5 Å². The molecule has 1 aromatic rings. The van der Waals surface area contributed by atoms with Gasteiger partial charge in [-0.1, -0.05) is 26.7 Å². The molecule has 2 N–H and O–H groups in total. The van der Waals surface area contributed by atoms with Gasteiger partial charge in [-0.05, 0) is 18.1 Å². The number of furan rings is 1. The van der Waals surface area contributed by atoms with E-state index in [1.807, 2.05) is 0 Å². The molecule has 4 heteroatoms. The number of hydrogen-bond donors (Lipinski definition) is 1. The molecule has 16 heavy (non-hydrogen) atoms. The van der Waals surface area contributed by atoms with Gasteiger partial charge in [-0.3, -0.25) is 0 Å². The zero-order valence-corrected chi connectivity index (χ0v) is 10.0. The summed E-state index contributed by atoms with van der Waals surface area (Å²) in [6.07, 6.45) is 1.98. The summed E-state index contributed by atoms with van der Waals surface area (Å²) >= 11 is 0. The molecule has 0 aliphatic heterocycles. The summed E-state index contributed by atoms with van der Waals surface area (Å²) in [7, 11) is 1.32. The second kappa shape index (κ2) is 5.70. The predicted octanol–water partition coefficient (Wildman–Crippen LogP) is 2.50. The standard InChI is InChI=1S/C12H19NO3/c1-4-8(5-2)11(13)9-6-7-10(16-9)12(14)15-3/h6-8,11H,4-5,13H2,1-3H3. The lowest BCUT2D eigenvalue weighted by atomic mass is 9.93. The van der Waals surface area contributed by atoms with Gasteiger partial charge in [0.05, 0.1) is 13.2 Å². The van der Waals surface area contributed by atoms with E-state index in [0.717, 1.165) is 12.8 Å². The maximum absolute atomic E-state index is 11.2. The van der Waals surface area contributed by atoms with Gasteiger partial charge in [0.1, 0.15) is 5.76 Å². The Morgan fingerprint density at radius 2 is 2.06 bits per heavy atom. The largest absolute Gasteiger partial charge is 0.463 e. The van der Waals surface area contributed by atoms with Crippen molar-refractivity contribution >= 4 is 5.97 Å². The number of ether oxygens (including phenoxy) is 1.